The Hall–Kier alpha value is -1.60. The predicted molar refractivity (Wildman–Crippen MR) is 99.9 cm³/mol. The molecule has 2 unspecified atom stereocenters. The number of hydrogen-bond acceptors (Lipinski definition) is 4. The molecule has 1 aromatic rings. The van der Waals surface area contributed by atoms with Gasteiger partial charge in [-0.3, -0.25) is 9.59 Å². The molecule has 6 nitrogen and oxygen atoms in total. The number of nitrogens with zero attached hydrogens (tertiary/aromatic N) is 1. The van der Waals surface area contributed by atoms with Crippen molar-refractivity contribution in [3.63, 3.8) is 0 Å². The van der Waals surface area contributed by atoms with E-state index in [1.807, 2.05) is 0 Å². The smallest absolute Gasteiger partial charge is 0.253 e. The zero-order valence-electron chi connectivity index (χ0n) is 14.5. The van der Waals surface area contributed by atoms with Gasteiger partial charge in [0.25, 0.3) is 5.91 Å². The average Bonchev–Trinajstić information content (AvgIpc) is 2.99. The van der Waals surface area contributed by atoms with Gasteiger partial charge in [0.2, 0.25) is 5.91 Å². The van der Waals surface area contributed by atoms with Gasteiger partial charge in [-0.1, -0.05) is 11.6 Å². The van der Waals surface area contributed by atoms with E-state index in [4.69, 9.17) is 11.6 Å². The predicted octanol–water partition coefficient (Wildman–Crippen LogP) is 1.74. The maximum atomic E-state index is 12.6. The Morgan fingerprint density at radius 3 is 2.58 bits per heavy atom. The van der Waals surface area contributed by atoms with E-state index in [0.29, 0.717) is 36.6 Å². The first kappa shape index (κ1) is 19.2. The topological polar surface area (TPSA) is 83.6 Å². The lowest BCUT2D eigenvalue weighted by molar-refractivity contribution is -0.126. The molecule has 2 saturated heterocycles. The second-order valence-electron chi connectivity index (χ2n) is 7.11. The van der Waals surface area contributed by atoms with E-state index in [-0.39, 0.29) is 35.2 Å². The first-order valence-electron chi connectivity index (χ1n) is 8.87. The maximum absolute atomic E-state index is 12.6. The minimum atomic E-state index is -2.94. The highest BCUT2D eigenvalue weighted by Crippen LogP contribution is 2.21. The normalized spacial score (nSPS) is 25.0. The Morgan fingerprint density at radius 2 is 1.92 bits per heavy atom. The van der Waals surface area contributed by atoms with E-state index in [2.05, 4.69) is 5.32 Å². The molecule has 3 rings (SSSR count). The van der Waals surface area contributed by atoms with Gasteiger partial charge >= 0.3 is 0 Å². The van der Waals surface area contributed by atoms with Crippen LogP contribution in [0.15, 0.2) is 24.3 Å². The number of amides is 2. The van der Waals surface area contributed by atoms with Gasteiger partial charge in [0.05, 0.1) is 17.4 Å². The van der Waals surface area contributed by atoms with Crippen molar-refractivity contribution in [3.05, 3.63) is 34.9 Å². The van der Waals surface area contributed by atoms with Crippen molar-refractivity contribution in [2.24, 2.45) is 11.8 Å². The number of sulfone groups is 1. The quantitative estimate of drug-likeness (QED) is 0.837. The number of halogens is 1. The second-order valence-corrected chi connectivity index (χ2v) is 9.78. The maximum Gasteiger partial charge on any atom is 0.253 e. The fourth-order valence-corrected chi connectivity index (χ4v) is 5.56. The zero-order chi connectivity index (χ0) is 18.7. The molecule has 2 aliphatic rings. The van der Waals surface area contributed by atoms with Crippen LogP contribution in [0.5, 0.6) is 0 Å². The van der Waals surface area contributed by atoms with Crippen LogP contribution in [0.3, 0.4) is 0 Å². The van der Waals surface area contributed by atoms with Crippen LogP contribution in [0.2, 0.25) is 5.02 Å². The third-order valence-electron chi connectivity index (χ3n) is 5.06. The van der Waals surface area contributed by atoms with Crippen molar-refractivity contribution >= 4 is 33.3 Å². The highest BCUT2D eigenvalue weighted by atomic mass is 35.5. The summed E-state index contributed by atoms with van der Waals surface area (Å²) in [6.07, 6.45) is 2.11. The van der Waals surface area contributed by atoms with Gasteiger partial charge in [-0.2, -0.15) is 0 Å². The lowest BCUT2D eigenvalue weighted by atomic mass is 9.96. The largest absolute Gasteiger partial charge is 0.355 e. The van der Waals surface area contributed by atoms with Crippen molar-refractivity contribution in [2.45, 2.75) is 19.3 Å². The Balaban J connectivity index is 1.53. The average molecular weight is 399 g/mol. The number of benzene rings is 1. The lowest BCUT2D eigenvalue weighted by Gasteiger charge is -2.32. The summed E-state index contributed by atoms with van der Waals surface area (Å²) < 4.78 is 23.0. The number of carbonyl (C=O) groups is 2. The summed E-state index contributed by atoms with van der Waals surface area (Å²) in [6.45, 7) is 1.40. The van der Waals surface area contributed by atoms with Crippen molar-refractivity contribution in [1.82, 2.24) is 10.2 Å². The van der Waals surface area contributed by atoms with Crippen LogP contribution in [0, 0.1) is 11.8 Å². The Kier molecular flexibility index (Phi) is 5.87. The highest BCUT2D eigenvalue weighted by Gasteiger charge is 2.31. The molecular weight excluding hydrogens is 376 g/mol. The SMILES string of the molecule is O=C(NCC1CCS(=O)(=O)C1)C1CCCN(C(=O)c2ccc(Cl)cc2)C1. The molecule has 2 amide bonds. The number of carbonyl (C=O) groups excluding carboxylic acids is 2. The molecule has 0 aliphatic carbocycles. The number of rotatable bonds is 4. The van der Waals surface area contributed by atoms with Crippen molar-refractivity contribution < 1.29 is 18.0 Å². The molecule has 0 bridgehead atoms. The molecule has 2 aliphatic heterocycles. The standard InChI is InChI=1S/C18H23ClN2O4S/c19-16-5-3-14(4-6-16)18(23)21-8-1-2-15(11-21)17(22)20-10-13-7-9-26(24,25)12-13/h3-6,13,15H,1-2,7-12H2,(H,20,22). The van der Waals surface area contributed by atoms with Crippen molar-refractivity contribution in [2.75, 3.05) is 31.1 Å². The molecular formula is C18H23ClN2O4S. The van der Waals surface area contributed by atoms with Gasteiger partial charge in [0, 0.05) is 30.2 Å². The van der Waals surface area contributed by atoms with Crippen LogP contribution < -0.4 is 5.32 Å². The number of piperidine rings is 1. The third-order valence-corrected chi connectivity index (χ3v) is 7.15. The molecule has 1 aromatic carbocycles. The minimum Gasteiger partial charge on any atom is -0.355 e. The van der Waals surface area contributed by atoms with Crippen molar-refractivity contribution in [3.8, 4) is 0 Å². The van der Waals surface area contributed by atoms with Gasteiger partial charge in [-0.15, -0.1) is 0 Å². The van der Waals surface area contributed by atoms with E-state index in [0.717, 1.165) is 12.8 Å². The summed E-state index contributed by atoms with van der Waals surface area (Å²) in [4.78, 5) is 26.8. The molecule has 8 heteroatoms. The second kappa shape index (κ2) is 7.96. The van der Waals surface area contributed by atoms with Crippen LogP contribution >= 0.6 is 11.6 Å². The van der Waals surface area contributed by atoms with Crippen LogP contribution in [-0.2, 0) is 14.6 Å². The first-order valence-corrected chi connectivity index (χ1v) is 11.1. The molecule has 0 aromatic heterocycles. The summed E-state index contributed by atoms with van der Waals surface area (Å²) in [5, 5.41) is 3.46. The minimum absolute atomic E-state index is 0.000608. The van der Waals surface area contributed by atoms with Gasteiger partial charge in [0.1, 0.15) is 0 Å². The fraction of sp³-hybridized carbons (Fsp3) is 0.556. The molecule has 0 spiro atoms. The van der Waals surface area contributed by atoms with E-state index < -0.39 is 9.84 Å². The summed E-state index contributed by atoms with van der Waals surface area (Å²) >= 11 is 5.86. The molecule has 2 atom stereocenters. The molecule has 0 saturated carbocycles. The lowest BCUT2D eigenvalue weighted by Crippen LogP contribution is -2.46. The summed E-state index contributed by atoms with van der Waals surface area (Å²) in [7, 11) is -2.94. The molecule has 142 valence electrons. The molecule has 0 radical (unpaired) electrons. The monoisotopic (exact) mass is 398 g/mol. The van der Waals surface area contributed by atoms with Gasteiger partial charge in [-0.05, 0) is 49.4 Å². The third kappa shape index (κ3) is 4.76. The fourth-order valence-electron chi connectivity index (χ4n) is 3.57. The highest BCUT2D eigenvalue weighted by molar-refractivity contribution is 7.91. The first-order chi connectivity index (χ1) is 12.3. The van der Waals surface area contributed by atoms with E-state index in [9.17, 15) is 18.0 Å². The summed E-state index contributed by atoms with van der Waals surface area (Å²) in [6, 6.07) is 6.74. The van der Waals surface area contributed by atoms with E-state index in [1.54, 1.807) is 29.2 Å². The van der Waals surface area contributed by atoms with E-state index >= 15 is 0 Å². The van der Waals surface area contributed by atoms with Crippen LogP contribution in [-0.4, -0.2) is 56.3 Å². The van der Waals surface area contributed by atoms with Gasteiger partial charge in [-0.25, -0.2) is 8.42 Å². The van der Waals surface area contributed by atoms with Crippen LogP contribution in [0.1, 0.15) is 29.6 Å². The van der Waals surface area contributed by atoms with Crippen LogP contribution in [0.25, 0.3) is 0 Å². The number of hydrogen-bond donors (Lipinski definition) is 1. The van der Waals surface area contributed by atoms with Crippen LogP contribution in [0.4, 0.5) is 0 Å². The zero-order valence-corrected chi connectivity index (χ0v) is 16.1. The molecule has 26 heavy (non-hydrogen) atoms. The van der Waals surface area contributed by atoms with Gasteiger partial charge in [0.15, 0.2) is 9.84 Å². The molecule has 2 heterocycles. The number of nitrogens with one attached hydrogen (secondary N) is 1. The molecule has 2 fully saturated rings. The summed E-state index contributed by atoms with van der Waals surface area (Å²) in [5.41, 5.74) is 0.562. The molecule has 1 N–H and O–H groups in total. The Bertz CT molecular complexity index is 779. The Morgan fingerprint density at radius 1 is 1.19 bits per heavy atom. The Labute approximate surface area is 158 Å². The van der Waals surface area contributed by atoms with E-state index in [1.165, 1.54) is 0 Å². The number of likely N-dealkylation sites (tertiary alicyclic amines) is 1. The van der Waals surface area contributed by atoms with Crippen molar-refractivity contribution in [1.29, 1.82) is 0 Å². The summed E-state index contributed by atoms with van der Waals surface area (Å²) in [5.74, 6) is -0.0827. The van der Waals surface area contributed by atoms with Gasteiger partial charge < -0.3 is 10.2 Å².